The van der Waals surface area contributed by atoms with Gasteiger partial charge >= 0.3 is 5.97 Å². The lowest BCUT2D eigenvalue weighted by atomic mass is 9.96. The molecular weight excluding hydrogens is 252 g/mol. The standard InChI is InChI=1S/C16H14N2O2/c1-9-12(4-3-5-13(9)16(19)20)11-6-7-14-15(8-11)18-10(2)17-14/h3-8H,1-2H3,(H,17,18)(H,19,20). The molecule has 0 spiro atoms. The molecule has 100 valence electrons. The normalized spacial score (nSPS) is 10.9. The summed E-state index contributed by atoms with van der Waals surface area (Å²) in [6, 6.07) is 11.3. The molecule has 0 bridgehead atoms. The number of aromatic amines is 1. The van der Waals surface area contributed by atoms with Gasteiger partial charge in [0.2, 0.25) is 0 Å². The summed E-state index contributed by atoms with van der Waals surface area (Å²) >= 11 is 0. The van der Waals surface area contributed by atoms with E-state index in [0.717, 1.165) is 33.5 Å². The van der Waals surface area contributed by atoms with E-state index in [1.807, 2.05) is 38.1 Å². The highest BCUT2D eigenvalue weighted by atomic mass is 16.4. The fourth-order valence-electron chi connectivity index (χ4n) is 2.48. The number of H-pyrrole nitrogens is 1. The van der Waals surface area contributed by atoms with Crippen LogP contribution >= 0.6 is 0 Å². The average Bonchev–Trinajstić information content (AvgIpc) is 2.77. The van der Waals surface area contributed by atoms with Crippen molar-refractivity contribution in [3.8, 4) is 11.1 Å². The molecule has 1 heterocycles. The van der Waals surface area contributed by atoms with Crippen molar-refractivity contribution in [2.24, 2.45) is 0 Å². The first-order valence-electron chi connectivity index (χ1n) is 6.36. The minimum absolute atomic E-state index is 0.336. The molecule has 0 saturated heterocycles. The summed E-state index contributed by atoms with van der Waals surface area (Å²) in [6.07, 6.45) is 0. The summed E-state index contributed by atoms with van der Waals surface area (Å²) in [7, 11) is 0. The molecule has 3 rings (SSSR count). The molecule has 0 fully saturated rings. The van der Waals surface area contributed by atoms with Crippen LogP contribution in [0.25, 0.3) is 22.2 Å². The molecule has 0 unspecified atom stereocenters. The molecule has 4 heteroatoms. The zero-order valence-corrected chi connectivity index (χ0v) is 11.3. The predicted molar refractivity (Wildman–Crippen MR) is 78.0 cm³/mol. The molecule has 0 aliphatic rings. The van der Waals surface area contributed by atoms with E-state index in [9.17, 15) is 9.90 Å². The van der Waals surface area contributed by atoms with Gasteiger partial charge in [-0.05, 0) is 48.7 Å². The lowest BCUT2D eigenvalue weighted by Crippen LogP contribution is -2.00. The summed E-state index contributed by atoms with van der Waals surface area (Å²) in [5.41, 5.74) is 4.90. The second-order valence-corrected chi connectivity index (χ2v) is 4.84. The number of carboxylic acid groups (broad SMARTS) is 1. The van der Waals surface area contributed by atoms with Crippen LogP contribution in [-0.2, 0) is 0 Å². The number of aryl methyl sites for hydroxylation is 1. The van der Waals surface area contributed by atoms with Gasteiger partial charge in [-0.3, -0.25) is 0 Å². The van der Waals surface area contributed by atoms with Gasteiger partial charge in [0.25, 0.3) is 0 Å². The van der Waals surface area contributed by atoms with Gasteiger partial charge in [0, 0.05) is 0 Å². The first-order chi connectivity index (χ1) is 9.56. The second-order valence-electron chi connectivity index (χ2n) is 4.84. The number of benzene rings is 2. The van der Waals surface area contributed by atoms with Gasteiger partial charge in [0.05, 0.1) is 16.6 Å². The number of nitrogens with one attached hydrogen (secondary N) is 1. The molecule has 20 heavy (non-hydrogen) atoms. The number of hydrogen-bond acceptors (Lipinski definition) is 2. The zero-order chi connectivity index (χ0) is 14.3. The van der Waals surface area contributed by atoms with E-state index in [1.54, 1.807) is 12.1 Å². The molecule has 1 aromatic heterocycles. The number of carbonyl (C=O) groups is 1. The number of fused-ring (bicyclic) bond motifs is 1. The molecule has 0 amide bonds. The Balaban J connectivity index is 2.20. The first-order valence-corrected chi connectivity index (χ1v) is 6.36. The summed E-state index contributed by atoms with van der Waals surface area (Å²) in [6.45, 7) is 3.75. The van der Waals surface area contributed by atoms with Gasteiger partial charge in [-0.25, -0.2) is 9.78 Å². The van der Waals surface area contributed by atoms with Gasteiger partial charge in [-0.2, -0.15) is 0 Å². The summed E-state index contributed by atoms with van der Waals surface area (Å²) in [4.78, 5) is 18.8. The van der Waals surface area contributed by atoms with E-state index in [2.05, 4.69) is 9.97 Å². The van der Waals surface area contributed by atoms with Crippen molar-refractivity contribution in [2.45, 2.75) is 13.8 Å². The lowest BCUT2D eigenvalue weighted by molar-refractivity contribution is 0.0696. The van der Waals surface area contributed by atoms with Crippen molar-refractivity contribution in [2.75, 3.05) is 0 Å². The van der Waals surface area contributed by atoms with E-state index < -0.39 is 5.97 Å². The molecule has 0 aliphatic heterocycles. The van der Waals surface area contributed by atoms with Crippen molar-refractivity contribution in [3.63, 3.8) is 0 Å². The van der Waals surface area contributed by atoms with Gasteiger partial charge < -0.3 is 10.1 Å². The van der Waals surface area contributed by atoms with Gasteiger partial charge in [0.1, 0.15) is 5.82 Å². The smallest absolute Gasteiger partial charge is 0.335 e. The third kappa shape index (κ3) is 1.95. The van der Waals surface area contributed by atoms with E-state index in [4.69, 9.17) is 0 Å². The number of nitrogens with zero attached hydrogens (tertiary/aromatic N) is 1. The Hall–Kier alpha value is -2.62. The van der Waals surface area contributed by atoms with Crippen LogP contribution in [0.3, 0.4) is 0 Å². The third-order valence-electron chi connectivity index (χ3n) is 3.48. The van der Waals surface area contributed by atoms with Crippen LogP contribution in [0, 0.1) is 13.8 Å². The molecule has 2 aromatic carbocycles. The van der Waals surface area contributed by atoms with Crippen LogP contribution in [0.15, 0.2) is 36.4 Å². The Morgan fingerprint density at radius 2 is 2.00 bits per heavy atom. The van der Waals surface area contributed by atoms with Crippen molar-refractivity contribution in [1.29, 1.82) is 0 Å². The SMILES string of the molecule is Cc1nc2ccc(-c3cccc(C(=O)O)c3C)cc2[nH]1. The zero-order valence-electron chi connectivity index (χ0n) is 11.3. The van der Waals surface area contributed by atoms with Crippen LogP contribution in [0.5, 0.6) is 0 Å². The second kappa shape index (κ2) is 4.49. The summed E-state index contributed by atoms with van der Waals surface area (Å²) in [5, 5.41) is 9.20. The quantitative estimate of drug-likeness (QED) is 0.745. The fraction of sp³-hybridized carbons (Fsp3) is 0.125. The summed E-state index contributed by atoms with van der Waals surface area (Å²) in [5.74, 6) is -0.0315. The molecule has 4 nitrogen and oxygen atoms in total. The monoisotopic (exact) mass is 266 g/mol. The number of carboxylic acids is 1. The van der Waals surface area contributed by atoms with Gasteiger partial charge in [0.15, 0.2) is 0 Å². The third-order valence-corrected chi connectivity index (χ3v) is 3.48. The van der Waals surface area contributed by atoms with Crippen LogP contribution in [0.1, 0.15) is 21.7 Å². The molecule has 0 saturated carbocycles. The molecular formula is C16H14N2O2. The Morgan fingerprint density at radius 3 is 2.75 bits per heavy atom. The minimum Gasteiger partial charge on any atom is -0.478 e. The van der Waals surface area contributed by atoms with Crippen molar-refractivity contribution in [1.82, 2.24) is 9.97 Å². The van der Waals surface area contributed by atoms with Crippen LogP contribution in [0.4, 0.5) is 0 Å². The number of aromatic carboxylic acids is 1. The minimum atomic E-state index is -0.900. The van der Waals surface area contributed by atoms with Crippen LogP contribution < -0.4 is 0 Å². The largest absolute Gasteiger partial charge is 0.478 e. The van der Waals surface area contributed by atoms with E-state index in [1.165, 1.54) is 0 Å². The van der Waals surface area contributed by atoms with E-state index in [0.29, 0.717) is 5.56 Å². The van der Waals surface area contributed by atoms with E-state index in [-0.39, 0.29) is 0 Å². The fourth-order valence-corrected chi connectivity index (χ4v) is 2.48. The Labute approximate surface area is 116 Å². The van der Waals surface area contributed by atoms with Crippen LogP contribution in [0.2, 0.25) is 0 Å². The highest BCUT2D eigenvalue weighted by molar-refractivity contribution is 5.92. The lowest BCUT2D eigenvalue weighted by Gasteiger charge is -2.08. The number of aromatic nitrogens is 2. The molecule has 2 N–H and O–H groups in total. The number of imidazole rings is 1. The predicted octanol–water partition coefficient (Wildman–Crippen LogP) is 3.54. The molecule has 0 aliphatic carbocycles. The summed E-state index contributed by atoms with van der Waals surface area (Å²) < 4.78 is 0. The number of hydrogen-bond donors (Lipinski definition) is 2. The van der Waals surface area contributed by atoms with E-state index >= 15 is 0 Å². The topological polar surface area (TPSA) is 66.0 Å². The molecule has 3 aromatic rings. The van der Waals surface area contributed by atoms with Crippen molar-refractivity contribution < 1.29 is 9.90 Å². The Bertz CT molecular complexity index is 818. The first kappa shape index (κ1) is 12.4. The maximum absolute atomic E-state index is 11.2. The highest BCUT2D eigenvalue weighted by Crippen LogP contribution is 2.28. The Kier molecular flexibility index (Phi) is 2.79. The molecule has 0 atom stereocenters. The highest BCUT2D eigenvalue weighted by Gasteiger charge is 2.12. The van der Waals surface area contributed by atoms with Crippen molar-refractivity contribution in [3.05, 3.63) is 53.3 Å². The average molecular weight is 266 g/mol. The van der Waals surface area contributed by atoms with Gasteiger partial charge in [-0.15, -0.1) is 0 Å². The maximum atomic E-state index is 11.2. The number of rotatable bonds is 2. The maximum Gasteiger partial charge on any atom is 0.335 e. The van der Waals surface area contributed by atoms with Gasteiger partial charge in [-0.1, -0.05) is 18.2 Å². The van der Waals surface area contributed by atoms with Crippen molar-refractivity contribution >= 4 is 17.0 Å². The van der Waals surface area contributed by atoms with Crippen LogP contribution in [-0.4, -0.2) is 21.0 Å². The molecule has 0 radical (unpaired) electrons. The Morgan fingerprint density at radius 1 is 1.20 bits per heavy atom.